The summed E-state index contributed by atoms with van der Waals surface area (Å²) in [4.78, 5) is 12.6. The molecule has 1 aromatic heterocycles. The lowest BCUT2D eigenvalue weighted by molar-refractivity contribution is 0.111. The molecule has 5 nitrogen and oxygen atoms in total. The van der Waals surface area contributed by atoms with Crippen molar-refractivity contribution >= 4 is 29.5 Å². The maximum atomic E-state index is 10.1. The summed E-state index contributed by atoms with van der Waals surface area (Å²) in [5, 5.41) is 8.32. The van der Waals surface area contributed by atoms with Crippen LogP contribution in [0.3, 0.4) is 0 Å². The zero-order chi connectivity index (χ0) is 18.5. The van der Waals surface area contributed by atoms with Crippen LogP contribution in [0.5, 0.6) is 0 Å². The van der Waals surface area contributed by atoms with Gasteiger partial charge in [0.05, 0.1) is 0 Å². The van der Waals surface area contributed by atoms with Crippen LogP contribution in [0, 0.1) is 0 Å². The fraction of sp³-hybridized carbons (Fsp3) is 0.474. The molecule has 2 fully saturated rings. The number of halogens is 2. The van der Waals surface area contributed by atoms with Gasteiger partial charge in [-0.15, -0.1) is 0 Å². The third-order valence-electron chi connectivity index (χ3n) is 4.74. The van der Waals surface area contributed by atoms with Gasteiger partial charge in [0, 0.05) is 47.7 Å². The third kappa shape index (κ3) is 5.30. The molecule has 2 aliphatic rings. The fourth-order valence-corrected chi connectivity index (χ4v) is 3.49. The summed E-state index contributed by atoms with van der Waals surface area (Å²) in [5.41, 5.74) is 1.56. The number of carbonyl (C=O) groups is 1. The van der Waals surface area contributed by atoms with Crippen LogP contribution in [-0.2, 0) is 6.54 Å². The molecule has 0 radical (unpaired) electrons. The van der Waals surface area contributed by atoms with E-state index in [1.807, 2.05) is 25.2 Å². The van der Waals surface area contributed by atoms with Crippen LogP contribution < -0.4 is 5.32 Å². The number of likely N-dealkylation sites (N-methyl/N-ethyl adjacent to an activating group) is 1. The Morgan fingerprint density at radius 3 is 2.69 bits per heavy atom. The number of hydrogen-bond donors (Lipinski definition) is 1. The number of aromatic nitrogens is 1. The van der Waals surface area contributed by atoms with E-state index in [0.717, 1.165) is 36.0 Å². The Morgan fingerprint density at radius 1 is 1.31 bits per heavy atom. The van der Waals surface area contributed by atoms with Crippen LogP contribution in [0.25, 0.3) is 0 Å². The highest BCUT2D eigenvalue weighted by molar-refractivity contribution is 6.35. The summed E-state index contributed by atoms with van der Waals surface area (Å²) in [7, 11) is 2.02. The topological polar surface area (TPSA) is 58.4 Å². The number of benzene rings is 1. The van der Waals surface area contributed by atoms with Gasteiger partial charge in [-0.25, -0.2) is 0 Å². The Bertz CT molecular complexity index is 746. The molecule has 140 valence electrons. The molecule has 2 aromatic rings. The van der Waals surface area contributed by atoms with Gasteiger partial charge >= 0.3 is 0 Å². The first-order valence-electron chi connectivity index (χ1n) is 8.84. The van der Waals surface area contributed by atoms with E-state index < -0.39 is 0 Å². The standard InChI is InChI=1S/C12H16Cl2N2.C7H7NO2/c1-15-11-4-5-16(8-11)7-9-2-3-10(13)6-12(9)14;9-4-6-3-7(10-8-6)5-1-2-5/h2-3,6,11,15H,4-5,7-8H2,1H3;3-5H,1-2H2. The molecule has 1 aliphatic heterocycles. The molecule has 7 heteroatoms. The average Bonchev–Trinajstić information content (AvgIpc) is 3.20. The molecule has 2 heterocycles. The van der Waals surface area contributed by atoms with E-state index in [1.54, 1.807) is 6.07 Å². The lowest BCUT2D eigenvalue weighted by Gasteiger charge is -2.16. The SMILES string of the molecule is CNC1CCN(Cc2ccc(Cl)cc2Cl)C1.O=Cc1cc(C2CC2)on1. The molecule has 1 atom stereocenters. The minimum absolute atomic E-state index is 0.405. The summed E-state index contributed by atoms with van der Waals surface area (Å²) in [6, 6.07) is 8.05. The summed E-state index contributed by atoms with van der Waals surface area (Å²) in [5.74, 6) is 1.41. The van der Waals surface area contributed by atoms with E-state index in [9.17, 15) is 4.79 Å². The van der Waals surface area contributed by atoms with Gasteiger partial charge in [0.1, 0.15) is 11.5 Å². The Morgan fingerprint density at radius 2 is 2.12 bits per heavy atom. The van der Waals surface area contributed by atoms with Crippen LogP contribution in [0.1, 0.15) is 47.0 Å². The van der Waals surface area contributed by atoms with Crippen LogP contribution in [0.15, 0.2) is 28.8 Å². The molecule has 0 amide bonds. The van der Waals surface area contributed by atoms with Crippen molar-refractivity contribution in [3.63, 3.8) is 0 Å². The van der Waals surface area contributed by atoms with Gasteiger partial charge in [0.15, 0.2) is 6.29 Å². The van der Waals surface area contributed by atoms with Crippen molar-refractivity contribution in [2.75, 3.05) is 20.1 Å². The molecule has 0 bridgehead atoms. The van der Waals surface area contributed by atoms with E-state index in [4.69, 9.17) is 27.7 Å². The van der Waals surface area contributed by atoms with E-state index in [2.05, 4.69) is 15.4 Å². The highest BCUT2D eigenvalue weighted by Crippen LogP contribution is 2.39. The fourth-order valence-electron chi connectivity index (χ4n) is 3.02. The summed E-state index contributed by atoms with van der Waals surface area (Å²) < 4.78 is 4.90. The zero-order valence-corrected chi connectivity index (χ0v) is 16.3. The molecular weight excluding hydrogens is 373 g/mol. The van der Waals surface area contributed by atoms with Gasteiger partial charge in [-0.05, 0) is 44.0 Å². The summed E-state index contributed by atoms with van der Waals surface area (Å²) in [6.45, 7) is 3.13. The van der Waals surface area contributed by atoms with Crippen LogP contribution >= 0.6 is 23.2 Å². The number of nitrogens with zero attached hydrogens (tertiary/aromatic N) is 2. The lowest BCUT2D eigenvalue weighted by Crippen LogP contribution is -2.29. The Balaban J connectivity index is 0.000000167. The Hall–Kier alpha value is -1.40. The second-order valence-electron chi connectivity index (χ2n) is 6.79. The highest BCUT2D eigenvalue weighted by Gasteiger charge is 2.27. The monoisotopic (exact) mass is 395 g/mol. The third-order valence-corrected chi connectivity index (χ3v) is 5.32. The average molecular weight is 396 g/mol. The second kappa shape index (κ2) is 9.00. The van der Waals surface area contributed by atoms with Gasteiger partial charge in [-0.1, -0.05) is 34.4 Å². The molecule has 0 spiro atoms. The van der Waals surface area contributed by atoms with Crippen molar-refractivity contribution in [3.05, 3.63) is 51.3 Å². The van der Waals surface area contributed by atoms with Gasteiger partial charge in [0.2, 0.25) is 0 Å². The predicted octanol–water partition coefficient (Wildman–Crippen LogP) is 4.15. The number of hydrogen-bond acceptors (Lipinski definition) is 5. The van der Waals surface area contributed by atoms with Crippen molar-refractivity contribution in [2.24, 2.45) is 0 Å². The minimum Gasteiger partial charge on any atom is -0.360 e. The van der Waals surface area contributed by atoms with Crippen molar-refractivity contribution in [1.82, 2.24) is 15.4 Å². The molecule has 1 aliphatic carbocycles. The van der Waals surface area contributed by atoms with E-state index in [-0.39, 0.29) is 0 Å². The smallest absolute Gasteiger partial charge is 0.171 e. The minimum atomic E-state index is 0.405. The summed E-state index contributed by atoms with van der Waals surface area (Å²) in [6.07, 6.45) is 4.26. The van der Waals surface area contributed by atoms with Crippen molar-refractivity contribution < 1.29 is 9.32 Å². The maximum Gasteiger partial charge on any atom is 0.171 e. The summed E-state index contributed by atoms with van der Waals surface area (Å²) >= 11 is 12.0. The quantitative estimate of drug-likeness (QED) is 0.770. The van der Waals surface area contributed by atoms with Gasteiger partial charge in [0.25, 0.3) is 0 Å². The van der Waals surface area contributed by atoms with Gasteiger partial charge in [-0.2, -0.15) is 0 Å². The van der Waals surface area contributed by atoms with Gasteiger partial charge < -0.3 is 9.84 Å². The number of carbonyl (C=O) groups excluding carboxylic acids is 1. The van der Waals surface area contributed by atoms with E-state index >= 15 is 0 Å². The number of nitrogens with one attached hydrogen (secondary N) is 1. The molecule has 4 rings (SSSR count). The molecule has 1 saturated heterocycles. The highest BCUT2D eigenvalue weighted by atomic mass is 35.5. The molecule has 1 unspecified atom stereocenters. The van der Waals surface area contributed by atoms with Crippen molar-refractivity contribution in [1.29, 1.82) is 0 Å². The lowest BCUT2D eigenvalue weighted by atomic mass is 10.2. The molecule has 1 N–H and O–H groups in total. The largest absolute Gasteiger partial charge is 0.360 e. The van der Waals surface area contributed by atoms with Crippen molar-refractivity contribution in [3.8, 4) is 0 Å². The number of aldehydes is 1. The Labute approximate surface area is 163 Å². The predicted molar refractivity (Wildman–Crippen MR) is 103 cm³/mol. The van der Waals surface area contributed by atoms with Gasteiger partial charge in [-0.3, -0.25) is 9.69 Å². The first-order valence-corrected chi connectivity index (χ1v) is 9.60. The van der Waals surface area contributed by atoms with Crippen LogP contribution in [-0.4, -0.2) is 42.5 Å². The maximum absolute atomic E-state index is 10.1. The van der Waals surface area contributed by atoms with Crippen LogP contribution in [0.4, 0.5) is 0 Å². The first-order chi connectivity index (χ1) is 12.6. The molecule has 26 heavy (non-hydrogen) atoms. The molecule has 1 saturated carbocycles. The zero-order valence-electron chi connectivity index (χ0n) is 14.8. The normalized spacial score (nSPS) is 19.9. The second-order valence-corrected chi connectivity index (χ2v) is 7.64. The van der Waals surface area contributed by atoms with E-state index in [1.165, 1.54) is 19.3 Å². The van der Waals surface area contributed by atoms with Crippen molar-refractivity contribution in [2.45, 2.75) is 37.8 Å². The number of likely N-dealkylation sites (tertiary alicyclic amines) is 1. The molecular formula is C19H23Cl2N3O2. The Kier molecular flexibility index (Phi) is 6.70. The first kappa shape index (κ1) is 19.4. The molecule has 1 aromatic carbocycles. The number of rotatable bonds is 5. The van der Waals surface area contributed by atoms with E-state index in [0.29, 0.717) is 29.0 Å². The van der Waals surface area contributed by atoms with Crippen LogP contribution in [0.2, 0.25) is 10.0 Å².